The van der Waals surface area contributed by atoms with Gasteiger partial charge in [-0.15, -0.1) is 0 Å². The Morgan fingerprint density at radius 2 is 2.11 bits per heavy atom. The summed E-state index contributed by atoms with van der Waals surface area (Å²) in [5.74, 6) is 0. The summed E-state index contributed by atoms with van der Waals surface area (Å²) in [6.07, 6.45) is 4.79. The fourth-order valence-electron chi connectivity index (χ4n) is 2.98. The Labute approximate surface area is 107 Å². The monoisotopic (exact) mass is 267 g/mol. The van der Waals surface area contributed by atoms with Crippen molar-refractivity contribution in [2.45, 2.75) is 18.3 Å². The van der Waals surface area contributed by atoms with Gasteiger partial charge in [-0.1, -0.05) is 0 Å². The Bertz CT molecular complexity index is 562. The van der Waals surface area contributed by atoms with E-state index < -0.39 is 10.0 Å². The number of hydrogen-bond acceptors (Lipinski definition) is 4. The highest BCUT2D eigenvalue weighted by atomic mass is 32.2. The number of pyridine rings is 1. The van der Waals surface area contributed by atoms with Crippen LogP contribution in [0.5, 0.6) is 0 Å². The first-order valence-corrected chi connectivity index (χ1v) is 8.01. The van der Waals surface area contributed by atoms with Gasteiger partial charge in [0.15, 0.2) is 0 Å². The second-order valence-electron chi connectivity index (χ2n) is 5.20. The van der Waals surface area contributed by atoms with Crippen molar-refractivity contribution in [2.24, 2.45) is 0 Å². The number of piperidine rings is 1. The molecular formula is C12H17N3O2S. The molecule has 6 heteroatoms. The smallest absolute Gasteiger partial charge is 0.211 e. The third-order valence-electron chi connectivity index (χ3n) is 4.08. The first-order chi connectivity index (χ1) is 8.51. The first-order valence-electron chi connectivity index (χ1n) is 6.16. The predicted octanol–water partition coefficient (Wildman–Crippen LogP) is 0.800. The molecule has 2 aliphatic heterocycles. The summed E-state index contributed by atoms with van der Waals surface area (Å²) in [5, 5.41) is 3.38. The molecule has 1 spiro atoms. The van der Waals surface area contributed by atoms with Gasteiger partial charge in [0.2, 0.25) is 10.0 Å². The van der Waals surface area contributed by atoms with Crippen molar-refractivity contribution in [3.63, 3.8) is 0 Å². The topological polar surface area (TPSA) is 62.3 Å². The van der Waals surface area contributed by atoms with E-state index in [1.165, 1.54) is 6.26 Å². The van der Waals surface area contributed by atoms with Crippen LogP contribution in [0.2, 0.25) is 0 Å². The fraction of sp³-hybridized carbons (Fsp3) is 0.583. The van der Waals surface area contributed by atoms with Crippen molar-refractivity contribution in [1.82, 2.24) is 9.29 Å². The molecule has 0 atom stereocenters. The zero-order chi connectivity index (χ0) is 12.8. The Balaban J connectivity index is 1.85. The highest BCUT2D eigenvalue weighted by Crippen LogP contribution is 2.42. The molecule has 18 heavy (non-hydrogen) atoms. The minimum absolute atomic E-state index is 0.0256. The largest absolute Gasteiger partial charge is 0.383 e. The van der Waals surface area contributed by atoms with E-state index in [4.69, 9.17) is 0 Å². The molecule has 0 unspecified atom stereocenters. The molecule has 3 heterocycles. The van der Waals surface area contributed by atoms with Gasteiger partial charge in [-0.3, -0.25) is 4.98 Å². The van der Waals surface area contributed by atoms with E-state index in [-0.39, 0.29) is 5.41 Å². The lowest BCUT2D eigenvalue weighted by Crippen LogP contribution is -2.46. The highest BCUT2D eigenvalue weighted by molar-refractivity contribution is 7.88. The van der Waals surface area contributed by atoms with Crippen molar-refractivity contribution in [3.05, 3.63) is 24.0 Å². The van der Waals surface area contributed by atoms with Crippen LogP contribution in [0, 0.1) is 0 Å². The van der Waals surface area contributed by atoms with E-state index >= 15 is 0 Å². The Kier molecular flexibility index (Phi) is 2.60. The number of rotatable bonds is 1. The van der Waals surface area contributed by atoms with Gasteiger partial charge in [0.05, 0.1) is 17.6 Å². The number of sulfonamides is 1. The van der Waals surface area contributed by atoms with Gasteiger partial charge in [-0.05, 0) is 25.0 Å². The average molecular weight is 267 g/mol. The molecule has 1 N–H and O–H groups in total. The van der Waals surface area contributed by atoms with Gasteiger partial charge in [0.1, 0.15) is 0 Å². The van der Waals surface area contributed by atoms with Crippen LogP contribution in [0.1, 0.15) is 18.5 Å². The molecule has 0 radical (unpaired) electrons. The van der Waals surface area contributed by atoms with E-state index in [2.05, 4.69) is 10.3 Å². The number of hydrogen-bond donors (Lipinski definition) is 1. The van der Waals surface area contributed by atoms with Crippen molar-refractivity contribution < 1.29 is 8.42 Å². The molecule has 3 rings (SSSR count). The minimum atomic E-state index is -3.06. The number of aromatic nitrogens is 1. The standard InChI is InChI=1S/C12H17N3O2S/c1-18(16,17)15-7-4-12(5-8-15)9-14-10-3-2-6-13-11(10)12/h2-3,6,14H,4-5,7-9H2,1H3. The van der Waals surface area contributed by atoms with Crippen molar-refractivity contribution in [1.29, 1.82) is 0 Å². The molecular weight excluding hydrogens is 250 g/mol. The molecule has 1 fully saturated rings. The lowest BCUT2D eigenvalue weighted by Gasteiger charge is -2.37. The number of anilines is 1. The molecule has 1 aromatic heterocycles. The van der Waals surface area contributed by atoms with Gasteiger partial charge < -0.3 is 5.32 Å². The van der Waals surface area contributed by atoms with E-state index in [1.54, 1.807) is 4.31 Å². The SMILES string of the molecule is CS(=O)(=O)N1CCC2(CC1)CNc1cccnc12. The van der Waals surface area contributed by atoms with E-state index in [0.717, 1.165) is 30.8 Å². The summed E-state index contributed by atoms with van der Waals surface area (Å²) in [6, 6.07) is 3.97. The second-order valence-corrected chi connectivity index (χ2v) is 7.18. The molecule has 0 amide bonds. The maximum Gasteiger partial charge on any atom is 0.211 e. The molecule has 1 saturated heterocycles. The van der Waals surface area contributed by atoms with Crippen molar-refractivity contribution >= 4 is 15.7 Å². The maximum absolute atomic E-state index is 11.5. The summed E-state index contributed by atoms with van der Waals surface area (Å²) in [5.41, 5.74) is 2.24. The zero-order valence-corrected chi connectivity index (χ0v) is 11.2. The third kappa shape index (κ3) is 1.80. The third-order valence-corrected chi connectivity index (χ3v) is 5.38. The van der Waals surface area contributed by atoms with E-state index in [9.17, 15) is 8.42 Å². The van der Waals surface area contributed by atoms with Crippen LogP contribution in [0.15, 0.2) is 18.3 Å². The molecule has 5 nitrogen and oxygen atoms in total. The molecule has 0 aromatic carbocycles. The number of fused-ring (bicyclic) bond motifs is 2. The molecule has 98 valence electrons. The van der Waals surface area contributed by atoms with Crippen LogP contribution in [-0.4, -0.2) is 43.6 Å². The molecule has 1 aromatic rings. The van der Waals surface area contributed by atoms with Crippen LogP contribution in [-0.2, 0) is 15.4 Å². The van der Waals surface area contributed by atoms with E-state index in [0.29, 0.717) is 13.1 Å². The van der Waals surface area contributed by atoms with Gasteiger partial charge in [0.25, 0.3) is 0 Å². The van der Waals surface area contributed by atoms with Gasteiger partial charge in [-0.25, -0.2) is 12.7 Å². The van der Waals surface area contributed by atoms with E-state index in [1.807, 2.05) is 18.3 Å². The molecule has 2 aliphatic rings. The summed E-state index contributed by atoms with van der Waals surface area (Å²) in [6.45, 7) is 2.06. The normalized spacial score (nSPS) is 22.7. The van der Waals surface area contributed by atoms with Crippen LogP contribution >= 0.6 is 0 Å². The van der Waals surface area contributed by atoms with Crippen LogP contribution in [0.25, 0.3) is 0 Å². The Morgan fingerprint density at radius 3 is 2.78 bits per heavy atom. The Hall–Kier alpha value is -1.14. The number of nitrogens with zero attached hydrogens (tertiary/aromatic N) is 2. The number of nitrogens with one attached hydrogen (secondary N) is 1. The van der Waals surface area contributed by atoms with Crippen molar-refractivity contribution in [3.8, 4) is 0 Å². The maximum atomic E-state index is 11.5. The average Bonchev–Trinajstić information content (AvgIpc) is 2.69. The molecule has 0 aliphatic carbocycles. The van der Waals surface area contributed by atoms with Crippen LogP contribution in [0.3, 0.4) is 0 Å². The van der Waals surface area contributed by atoms with Crippen molar-refractivity contribution in [2.75, 3.05) is 31.2 Å². The van der Waals surface area contributed by atoms with Gasteiger partial charge >= 0.3 is 0 Å². The summed E-state index contributed by atoms with van der Waals surface area (Å²) in [7, 11) is -3.06. The predicted molar refractivity (Wildman–Crippen MR) is 70.1 cm³/mol. The van der Waals surface area contributed by atoms with Crippen LogP contribution in [0.4, 0.5) is 5.69 Å². The Morgan fingerprint density at radius 1 is 1.39 bits per heavy atom. The molecule has 0 bridgehead atoms. The lowest BCUT2D eigenvalue weighted by molar-refractivity contribution is 0.246. The van der Waals surface area contributed by atoms with Crippen LogP contribution < -0.4 is 5.32 Å². The van der Waals surface area contributed by atoms with Gasteiger partial charge in [-0.2, -0.15) is 0 Å². The first kappa shape index (κ1) is 11.9. The van der Waals surface area contributed by atoms with Gasteiger partial charge in [0, 0.05) is 31.2 Å². The minimum Gasteiger partial charge on any atom is -0.383 e. The second kappa shape index (κ2) is 3.93. The lowest BCUT2D eigenvalue weighted by atomic mass is 9.77. The summed E-state index contributed by atoms with van der Waals surface area (Å²) >= 11 is 0. The highest BCUT2D eigenvalue weighted by Gasteiger charge is 2.43. The quantitative estimate of drug-likeness (QED) is 0.817. The zero-order valence-electron chi connectivity index (χ0n) is 10.4. The summed E-state index contributed by atoms with van der Waals surface area (Å²) in [4.78, 5) is 4.49. The fourth-order valence-corrected chi connectivity index (χ4v) is 3.82. The molecule has 0 saturated carbocycles. The summed E-state index contributed by atoms with van der Waals surface area (Å²) < 4.78 is 24.6.